The largest absolute Gasteiger partial charge is 0.354 e. The molecule has 2 heterocycles. The Bertz CT molecular complexity index is 835. The minimum atomic E-state index is -3.53. The maximum atomic E-state index is 13.0. The Labute approximate surface area is 153 Å². The fourth-order valence-electron chi connectivity index (χ4n) is 2.91. The van der Waals surface area contributed by atoms with E-state index in [2.05, 4.69) is 26.6 Å². The molecule has 0 aliphatic carbocycles. The zero-order valence-electron chi connectivity index (χ0n) is 14.7. The number of sulfonamides is 1. The molecule has 26 heavy (non-hydrogen) atoms. The van der Waals surface area contributed by atoms with Crippen molar-refractivity contribution in [3.05, 3.63) is 59.5 Å². The predicted molar refractivity (Wildman–Crippen MR) is 99.8 cm³/mol. The van der Waals surface area contributed by atoms with Crippen molar-refractivity contribution in [2.24, 2.45) is 0 Å². The van der Waals surface area contributed by atoms with Crippen LogP contribution in [0.1, 0.15) is 11.1 Å². The number of nitrogens with zero attached hydrogens (tertiary/aromatic N) is 3. The van der Waals surface area contributed by atoms with Crippen LogP contribution in [-0.4, -0.2) is 51.5 Å². The Balaban J connectivity index is 1.66. The minimum Gasteiger partial charge on any atom is -0.354 e. The van der Waals surface area contributed by atoms with Crippen molar-refractivity contribution in [2.75, 3.05) is 38.1 Å². The van der Waals surface area contributed by atoms with Gasteiger partial charge in [-0.3, -0.25) is 0 Å². The van der Waals surface area contributed by atoms with Crippen molar-refractivity contribution in [1.29, 1.82) is 0 Å². The van der Waals surface area contributed by atoms with Crippen LogP contribution in [0.2, 0.25) is 0 Å². The predicted octanol–water partition coefficient (Wildman–Crippen LogP) is 1.59. The Morgan fingerprint density at radius 3 is 2.50 bits per heavy atom. The van der Waals surface area contributed by atoms with Gasteiger partial charge in [-0.2, -0.15) is 0 Å². The highest BCUT2D eigenvalue weighted by molar-refractivity contribution is 7.88. The van der Waals surface area contributed by atoms with E-state index < -0.39 is 10.0 Å². The number of hydrogen-bond donors (Lipinski definition) is 1. The van der Waals surface area contributed by atoms with Crippen molar-refractivity contribution < 1.29 is 12.8 Å². The molecule has 0 bridgehead atoms. The standard InChI is InChI=1S/C18H23FN4O2S/c1-22-9-11-23(12-10-22)18-16(3-2-8-20-18)13-21-26(24,25)14-15-4-6-17(19)7-5-15/h2-8,21H,9-14H2,1H3. The van der Waals surface area contributed by atoms with Crippen LogP contribution in [-0.2, 0) is 22.3 Å². The quantitative estimate of drug-likeness (QED) is 0.827. The van der Waals surface area contributed by atoms with Crippen molar-refractivity contribution in [3.8, 4) is 0 Å². The number of nitrogens with one attached hydrogen (secondary N) is 1. The summed E-state index contributed by atoms with van der Waals surface area (Å²) in [7, 11) is -1.45. The maximum Gasteiger partial charge on any atom is 0.216 e. The number of likely N-dealkylation sites (N-methyl/N-ethyl adjacent to an activating group) is 1. The highest BCUT2D eigenvalue weighted by Crippen LogP contribution is 2.19. The molecule has 1 fully saturated rings. The molecule has 0 atom stereocenters. The highest BCUT2D eigenvalue weighted by Gasteiger charge is 2.19. The molecule has 0 radical (unpaired) electrons. The van der Waals surface area contributed by atoms with E-state index in [1.807, 2.05) is 12.1 Å². The summed E-state index contributed by atoms with van der Waals surface area (Å²) in [4.78, 5) is 8.89. The van der Waals surface area contributed by atoms with Crippen LogP contribution in [0.3, 0.4) is 0 Å². The van der Waals surface area contributed by atoms with Gasteiger partial charge in [0.25, 0.3) is 0 Å². The molecular formula is C18H23FN4O2S. The lowest BCUT2D eigenvalue weighted by atomic mass is 10.2. The fourth-order valence-corrected chi connectivity index (χ4v) is 4.02. The average Bonchev–Trinajstić information content (AvgIpc) is 2.63. The van der Waals surface area contributed by atoms with Gasteiger partial charge in [-0.25, -0.2) is 22.5 Å². The highest BCUT2D eigenvalue weighted by atomic mass is 32.2. The van der Waals surface area contributed by atoms with Gasteiger partial charge in [0, 0.05) is 44.5 Å². The van der Waals surface area contributed by atoms with E-state index in [9.17, 15) is 12.8 Å². The van der Waals surface area contributed by atoms with E-state index in [-0.39, 0.29) is 18.1 Å². The molecule has 1 N–H and O–H groups in total. The molecular weight excluding hydrogens is 355 g/mol. The second kappa shape index (κ2) is 8.11. The van der Waals surface area contributed by atoms with E-state index in [0.29, 0.717) is 5.56 Å². The molecule has 1 aromatic carbocycles. The Morgan fingerprint density at radius 1 is 1.12 bits per heavy atom. The van der Waals surface area contributed by atoms with Gasteiger partial charge >= 0.3 is 0 Å². The molecule has 0 amide bonds. The molecule has 1 saturated heterocycles. The molecule has 1 aliphatic heterocycles. The lowest BCUT2D eigenvalue weighted by molar-refractivity contribution is 0.312. The third kappa shape index (κ3) is 5.00. The first-order chi connectivity index (χ1) is 12.4. The lowest BCUT2D eigenvalue weighted by Gasteiger charge is -2.34. The molecule has 1 aliphatic rings. The molecule has 1 aromatic heterocycles. The van der Waals surface area contributed by atoms with Crippen LogP contribution in [0, 0.1) is 5.82 Å². The van der Waals surface area contributed by atoms with Gasteiger partial charge in [0.05, 0.1) is 5.75 Å². The first kappa shape index (κ1) is 18.8. The Hall–Kier alpha value is -2.03. The molecule has 3 rings (SSSR count). The number of aromatic nitrogens is 1. The van der Waals surface area contributed by atoms with Gasteiger partial charge in [0.15, 0.2) is 0 Å². The monoisotopic (exact) mass is 378 g/mol. The SMILES string of the molecule is CN1CCN(c2ncccc2CNS(=O)(=O)Cc2ccc(F)cc2)CC1. The number of halogens is 1. The summed E-state index contributed by atoms with van der Waals surface area (Å²) in [6.45, 7) is 3.81. The Kier molecular flexibility index (Phi) is 5.85. The van der Waals surface area contributed by atoms with Crippen LogP contribution < -0.4 is 9.62 Å². The summed E-state index contributed by atoms with van der Waals surface area (Å²) in [5.74, 6) is 0.258. The normalized spacial score (nSPS) is 16.0. The van der Waals surface area contributed by atoms with Gasteiger partial charge in [0.1, 0.15) is 11.6 Å². The summed E-state index contributed by atoms with van der Waals surface area (Å²) >= 11 is 0. The number of anilines is 1. The first-order valence-electron chi connectivity index (χ1n) is 8.52. The van der Waals surface area contributed by atoms with E-state index in [0.717, 1.165) is 37.6 Å². The topological polar surface area (TPSA) is 65.5 Å². The molecule has 6 nitrogen and oxygen atoms in total. The summed E-state index contributed by atoms with van der Waals surface area (Å²) in [5, 5.41) is 0. The van der Waals surface area contributed by atoms with Gasteiger partial charge in [-0.1, -0.05) is 18.2 Å². The molecule has 0 spiro atoms. The van der Waals surface area contributed by atoms with E-state index in [4.69, 9.17) is 0 Å². The van der Waals surface area contributed by atoms with Gasteiger partial charge in [-0.05, 0) is 30.8 Å². The van der Waals surface area contributed by atoms with E-state index in [1.165, 1.54) is 24.3 Å². The minimum absolute atomic E-state index is 0.180. The molecule has 0 unspecified atom stereocenters. The van der Waals surface area contributed by atoms with Crippen molar-refractivity contribution in [3.63, 3.8) is 0 Å². The first-order valence-corrected chi connectivity index (χ1v) is 10.2. The molecule has 2 aromatic rings. The number of hydrogen-bond acceptors (Lipinski definition) is 5. The Morgan fingerprint density at radius 2 is 1.81 bits per heavy atom. The van der Waals surface area contributed by atoms with Crippen LogP contribution in [0.25, 0.3) is 0 Å². The van der Waals surface area contributed by atoms with Crippen molar-refractivity contribution >= 4 is 15.8 Å². The number of pyridine rings is 1. The van der Waals surface area contributed by atoms with Crippen LogP contribution in [0.15, 0.2) is 42.6 Å². The smallest absolute Gasteiger partial charge is 0.216 e. The van der Waals surface area contributed by atoms with E-state index >= 15 is 0 Å². The number of rotatable bonds is 6. The second-order valence-electron chi connectivity index (χ2n) is 6.48. The zero-order valence-corrected chi connectivity index (χ0v) is 15.5. The van der Waals surface area contributed by atoms with E-state index in [1.54, 1.807) is 6.20 Å². The number of benzene rings is 1. The average molecular weight is 378 g/mol. The second-order valence-corrected chi connectivity index (χ2v) is 8.29. The summed E-state index contributed by atoms with van der Waals surface area (Å²) in [6.07, 6.45) is 1.73. The van der Waals surface area contributed by atoms with Crippen LogP contribution >= 0.6 is 0 Å². The van der Waals surface area contributed by atoms with Crippen molar-refractivity contribution in [2.45, 2.75) is 12.3 Å². The van der Waals surface area contributed by atoms with Gasteiger partial charge in [0.2, 0.25) is 10.0 Å². The van der Waals surface area contributed by atoms with Crippen LogP contribution in [0.4, 0.5) is 10.2 Å². The maximum absolute atomic E-state index is 13.0. The fraction of sp³-hybridized carbons (Fsp3) is 0.389. The van der Waals surface area contributed by atoms with Crippen molar-refractivity contribution in [1.82, 2.24) is 14.6 Å². The summed E-state index contributed by atoms with van der Waals surface area (Å²) < 4.78 is 40.3. The third-order valence-corrected chi connectivity index (χ3v) is 5.72. The summed E-state index contributed by atoms with van der Waals surface area (Å²) in [6, 6.07) is 9.18. The zero-order chi connectivity index (χ0) is 18.6. The molecule has 0 saturated carbocycles. The van der Waals surface area contributed by atoms with Crippen LogP contribution in [0.5, 0.6) is 0 Å². The van der Waals surface area contributed by atoms with Gasteiger partial charge < -0.3 is 9.80 Å². The summed E-state index contributed by atoms with van der Waals surface area (Å²) in [5.41, 5.74) is 1.39. The lowest BCUT2D eigenvalue weighted by Crippen LogP contribution is -2.45. The molecule has 140 valence electrons. The third-order valence-electron chi connectivity index (χ3n) is 4.42. The van der Waals surface area contributed by atoms with Gasteiger partial charge in [-0.15, -0.1) is 0 Å². The molecule has 8 heteroatoms. The number of piperazine rings is 1.